The third-order valence-electron chi connectivity index (χ3n) is 5.83. The molecule has 0 radical (unpaired) electrons. The summed E-state index contributed by atoms with van der Waals surface area (Å²) in [6.45, 7) is 1.20. The lowest BCUT2D eigenvalue weighted by atomic mass is 9.75. The Morgan fingerprint density at radius 2 is 1.90 bits per heavy atom. The van der Waals surface area contributed by atoms with Crippen LogP contribution in [0.2, 0.25) is 5.02 Å². The number of carbonyl (C=O) groups is 1. The summed E-state index contributed by atoms with van der Waals surface area (Å²) in [5.74, 6) is -0.295. The maximum absolute atomic E-state index is 14.0. The minimum absolute atomic E-state index is 0.0170. The molecule has 0 atom stereocenters. The van der Waals surface area contributed by atoms with E-state index in [0.29, 0.717) is 15.9 Å². The highest BCUT2D eigenvalue weighted by Gasteiger charge is 2.39. The molecule has 1 aliphatic rings. The molecule has 0 amide bonds. The lowest BCUT2D eigenvalue weighted by Gasteiger charge is -2.37. The van der Waals surface area contributed by atoms with Gasteiger partial charge in [0.05, 0.1) is 22.6 Å². The minimum Gasteiger partial charge on any atom is -0.390 e. The number of hydrogen-bond donors (Lipinski definition) is 1. The number of Topliss-reactive ketones (excluding diaryl/α,β-unsaturated/α-hetero) is 1. The van der Waals surface area contributed by atoms with Crippen LogP contribution in [0.5, 0.6) is 0 Å². The third kappa shape index (κ3) is 5.31. The first-order chi connectivity index (χ1) is 13.4. The van der Waals surface area contributed by atoms with Crippen LogP contribution in [0.3, 0.4) is 0 Å². The third-order valence-corrected chi connectivity index (χ3v) is 6.15. The number of aromatic nitrogens is 1. The van der Waals surface area contributed by atoms with E-state index in [4.69, 9.17) is 11.6 Å². The van der Waals surface area contributed by atoms with Crippen molar-refractivity contribution in [3.63, 3.8) is 0 Å². The summed E-state index contributed by atoms with van der Waals surface area (Å²) in [5.41, 5.74) is -1.67. The lowest BCUT2D eigenvalue weighted by molar-refractivity contribution is -0.136. The predicted octanol–water partition coefficient (Wildman–Crippen LogP) is 6.24. The Balaban J connectivity index is 1.79. The van der Waals surface area contributed by atoms with Crippen molar-refractivity contribution in [1.29, 1.82) is 0 Å². The van der Waals surface area contributed by atoms with E-state index in [1.54, 1.807) is 18.2 Å². The molecule has 0 bridgehead atoms. The standard InChI is InChI=1S/C21H24ClF4NO2/c1-19(23)7-9-20(29,10-8-19)6-5-17(28)14-13-27(12-11-21(24,25)26)16-4-2-3-15(22)18(14)16/h2-4,13,29H,5-12H2,1H3. The van der Waals surface area contributed by atoms with Gasteiger partial charge in [0, 0.05) is 30.1 Å². The first kappa shape index (κ1) is 22.1. The number of aliphatic hydroxyl groups is 1. The molecule has 3 rings (SSSR count). The fraction of sp³-hybridized carbons (Fsp3) is 0.571. The van der Waals surface area contributed by atoms with Crippen molar-refractivity contribution in [1.82, 2.24) is 4.57 Å². The van der Waals surface area contributed by atoms with Gasteiger partial charge in [0.2, 0.25) is 0 Å². The average Bonchev–Trinajstić information content (AvgIpc) is 3.01. The van der Waals surface area contributed by atoms with E-state index in [2.05, 4.69) is 0 Å². The Morgan fingerprint density at radius 3 is 2.52 bits per heavy atom. The van der Waals surface area contributed by atoms with Gasteiger partial charge in [-0.3, -0.25) is 4.79 Å². The minimum atomic E-state index is -4.31. The van der Waals surface area contributed by atoms with Gasteiger partial charge in [-0.05, 0) is 51.2 Å². The van der Waals surface area contributed by atoms with Crippen LogP contribution < -0.4 is 0 Å². The maximum atomic E-state index is 14.0. The van der Waals surface area contributed by atoms with Gasteiger partial charge in [0.1, 0.15) is 5.67 Å². The van der Waals surface area contributed by atoms with Gasteiger partial charge in [-0.1, -0.05) is 17.7 Å². The maximum Gasteiger partial charge on any atom is 0.390 e. The molecular weight excluding hydrogens is 410 g/mol. The highest BCUT2D eigenvalue weighted by molar-refractivity contribution is 6.37. The quantitative estimate of drug-likeness (QED) is 0.432. The van der Waals surface area contributed by atoms with Crippen molar-refractivity contribution >= 4 is 28.3 Å². The Kier molecular flexibility index (Phi) is 6.03. The number of nitrogens with zero attached hydrogens (tertiary/aromatic N) is 1. The van der Waals surface area contributed by atoms with E-state index in [1.807, 2.05) is 0 Å². The second-order valence-electron chi connectivity index (χ2n) is 8.30. The molecule has 1 aromatic heterocycles. The normalized spacial score (nSPS) is 25.5. The molecule has 8 heteroatoms. The number of benzene rings is 1. The Labute approximate surface area is 171 Å². The summed E-state index contributed by atoms with van der Waals surface area (Å²) >= 11 is 6.24. The molecule has 1 heterocycles. The Morgan fingerprint density at radius 1 is 1.24 bits per heavy atom. The summed E-state index contributed by atoms with van der Waals surface area (Å²) in [4.78, 5) is 12.9. The summed E-state index contributed by atoms with van der Waals surface area (Å²) in [5, 5.41) is 11.4. The summed E-state index contributed by atoms with van der Waals surface area (Å²) in [6, 6.07) is 4.85. The van der Waals surface area contributed by atoms with Crippen molar-refractivity contribution in [2.45, 2.75) is 75.9 Å². The van der Waals surface area contributed by atoms with Crippen LogP contribution in [0, 0.1) is 0 Å². The number of alkyl halides is 4. The van der Waals surface area contributed by atoms with Crippen LogP contribution in [0.25, 0.3) is 10.9 Å². The predicted molar refractivity (Wildman–Crippen MR) is 104 cm³/mol. The second kappa shape index (κ2) is 7.91. The molecule has 1 N–H and O–H groups in total. The molecule has 1 aromatic carbocycles. The van der Waals surface area contributed by atoms with Gasteiger partial charge < -0.3 is 9.67 Å². The van der Waals surface area contributed by atoms with Gasteiger partial charge in [-0.2, -0.15) is 13.2 Å². The van der Waals surface area contributed by atoms with Crippen LogP contribution in [0.1, 0.15) is 62.2 Å². The van der Waals surface area contributed by atoms with Crippen LogP contribution >= 0.6 is 11.6 Å². The van der Waals surface area contributed by atoms with Crippen molar-refractivity contribution < 1.29 is 27.5 Å². The fourth-order valence-electron chi connectivity index (χ4n) is 3.92. The number of fused-ring (bicyclic) bond motifs is 1. The molecule has 0 saturated heterocycles. The van der Waals surface area contributed by atoms with Crippen molar-refractivity contribution in [2.75, 3.05) is 0 Å². The molecule has 0 aliphatic heterocycles. The monoisotopic (exact) mass is 433 g/mol. The number of halogens is 5. The first-order valence-electron chi connectivity index (χ1n) is 9.68. The molecule has 160 valence electrons. The van der Waals surface area contributed by atoms with Crippen LogP contribution in [-0.4, -0.2) is 32.9 Å². The first-order valence-corrected chi connectivity index (χ1v) is 10.1. The van der Waals surface area contributed by atoms with Gasteiger partial charge in [-0.25, -0.2) is 4.39 Å². The molecule has 0 unspecified atom stereocenters. The van der Waals surface area contributed by atoms with Crippen molar-refractivity contribution in [3.05, 3.63) is 35.0 Å². The van der Waals surface area contributed by atoms with E-state index >= 15 is 0 Å². The SMILES string of the molecule is CC1(F)CCC(O)(CCC(=O)c2cn(CCC(F)(F)F)c3cccc(Cl)c23)CC1. The van der Waals surface area contributed by atoms with Crippen LogP contribution in [0.4, 0.5) is 17.6 Å². The number of aryl methyl sites for hydroxylation is 1. The van der Waals surface area contributed by atoms with E-state index in [-0.39, 0.29) is 56.4 Å². The Bertz CT molecular complexity index is 894. The molecule has 29 heavy (non-hydrogen) atoms. The van der Waals surface area contributed by atoms with Crippen LogP contribution in [-0.2, 0) is 6.54 Å². The van der Waals surface area contributed by atoms with Crippen LogP contribution in [0.15, 0.2) is 24.4 Å². The number of rotatable bonds is 6. The molecule has 3 nitrogen and oxygen atoms in total. The Hall–Kier alpha value is -1.60. The molecule has 0 spiro atoms. The number of ketones is 1. The largest absolute Gasteiger partial charge is 0.390 e. The summed E-state index contributed by atoms with van der Waals surface area (Å²) in [6.07, 6.45) is -2.69. The molecule has 1 aliphatic carbocycles. The highest BCUT2D eigenvalue weighted by atomic mass is 35.5. The van der Waals surface area contributed by atoms with E-state index in [0.717, 1.165) is 0 Å². The molecule has 2 aromatic rings. The van der Waals surface area contributed by atoms with Gasteiger partial charge >= 0.3 is 6.18 Å². The topological polar surface area (TPSA) is 42.2 Å². The smallest absolute Gasteiger partial charge is 0.390 e. The molecule has 1 saturated carbocycles. The number of carbonyl (C=O) groups excluding carboxylic acids is 1. The molecule has 1 fully saturated rings. The van der Waals surface area contributed by atoms with Crippen molar-refractivity contribution in [2.24, 2.45) is 0 Å². The summed E-state index contributed by atoms with van der Waals surface area (Å²) in [7, 11) is 0. The fourth-order valence-corrected chi connectivity index (χ4v) is 4.19. The van der Waals surface area contributed by atoms with E-state index < -0.39 is 23.9 Å². The lowest BCUT2D eigenvalue weighted by Crippen LogP contribution is -2.39. The summed E-state index contributed by atoms with van der Waals surface area (Å²) < 4.78 is 53.3. The van der Waals surface area contributed by atoms with Gasteiger partial charge in [-0.15, -0.1) is 0 Å². The zero-order valence-electron chi connectivity index (χ0n) is 16.2. The van der Waals surface area contributed by atoms with E-state index in [9.17, 15) is 27.5 Å². The molecular formula is C21H24ClF4NO2. The second-order valence-corrected chi connectivity index (χ2v) is 8.70. The average molecular weight is 434 g/mol. The van der Waals surface area contributed by atoms with Gasteiger partial charge in [0.15, 0.2) is 5.78 Å². The van der Waals surface area contributed by atoms with Gasteiger partial charge in [0.25, 0.3) is 0 Å². The van der Waals surface area contributed by atoms with Crippen molar-refractivity contribution in [3.8, 4) is 0 Å². The zero-order chi connectivity index (χ0) is 21.4. The van der Waals surface area contributed by atoms with E-state index in [1.165, 1.54) is 17.7 Å². The number of hydrogen-bond acceptors (Lipinski definition) is 2. The highest BCUT2D eigenvalue weighted by Crippen LogP contribution is 2.40. The zero-order valence-corrected chi connectivity index (χ0v) is 16.9.